The molecule has 0 fully saturated rings. The Balaban J connectivity index is 1.97. The number of sulfonamides is 1. The van der Waals surface area contributed by atoms with E-state index in [0.29, 0.717) is 5.69 Å². The highest BCUT2D eigenvalue weighted by Crippen LogP contribution is 2.37. The molecule has 1 amide bonds. The molecule has 1 aliphatic rings. The van der Waals surface area contributed by atoms with Crippen LogP contribution in [0.1, 0.15) is 15.9 Å². The number of nitrogens with one attached hydrogen (secondary N) is 1. The van der Waals surface area contributed by atoms with Crippen molar-refractivity contribution in [3.05, 3.63) is 41.5 Å². The zero-order chi connectivity index (χ0) is 23.6. The maximum absolute atomic E-state index is 13.1. The van der Waals surface area contributed by atoms with Crippen LogP contribution in [-0.2, 0) is 19.6 Å². The van der Waals surface area contributed by atoms with Crippen LogP contribution in [0, 0.1) is 6.92 Å². The molecule has 10 nitrogen and oxygen atoms in total. The van der Waals surface area contributed by atoms with Crippen molar-refractivity contribution in [2.45, 2.75) is 13.0 Å². The normalized spacial score (nSPS) is 15.3. The van der Waals surface area contributed by atoms with E-state index in [0.717, 1.165) is 16.1 Å². The molecule has 0 aromatic heterocycles. The molecule has 0 saturated carbocycles. The topological polar surface area (TPSA) is 120 Å². The minimum absolute atomic E-state index is 0.0327. The second kappa shape index (κ2) is 8.95. The van der Waals surface area contributed by atoms with E-state index in [-0.39, 0.29) is 35.0 Å². The fourth-order valence-corrected chi connectivity index (χ4v) is 4.19. The predicted molar refractivity (Wildman–Crippen MR) is 117 cm³/mol. The third-order valence-corrected chi connectivity index (χ3v) is 6.01. The molecule has 1 aliphatic heterocycles. The molecule has 32 heavy (non-hydrogen) atoms. The zero-order valence-electron chi connectivity index (χ0n) is 18.3. The van der Waals surface area contributed by atoms with Crippen LogP contribution in [0.5, 0.6) is 17.2 Å². The number of anilines is 2. The van der Waals surface area contributed by atoms with Crippen LogP contribution in [-0.4, -0.2) is 60.5 Å². The van der Waals surface area contributed by atoms with Crippen molar-refractivity contribution in [1.82, 2.24) is 0 Å². The minimum atomic E-state index is -3.68. The van der Waals surface area contributed by atoms with Gasteiger partial charge in [-0.1, -0.05) is 6.07 Å². The largest absolute Gasteiger partial charge is 0.493 e. The summed E-state index contributed by atoms with van der Waals surface area (Å²) < 4.78 is 46.9. The Morgan fingerprint density at radius 2 is 1.75 bits per heavy atom. The summed E-state index contributed by atoms with van der Waals surface area (Å²) in [6, 6.07) is 7.83. The van der Waals surface area contributed by atoms with Crippen molar-refractivity contribution in [3.63, 3.8) is 0 Å². The van der Waals surface area contributed by atoms with Crippen LogP contribution in [0.25, 0.3) is 0 Å². The van der Waals surface area contributed by atoms with Crippen LogP contribution in [0.3, 0.4) is 0 Å². The zero-order valence-corrected chi connectivity index (χ0v) is 19.1. The number of amides is 1. The van der Waals surface area contributed by atoms with Gasteiger partial charge in [0.25, 0.3) is 5.91 Å². The number of benzene rings is 2. The van der Waals surface area contributed by atoms with E-state index in [2.05, 4.69) is 5.32 Å². The smallest absolute Gasteiger partial charge is 0.340 e. The summed E-state index contributed by atoms with van der Waals surface area (Å²) in [6.07, 6.45) is -0.109. The average Bonchev–Trinajstić information content (AvgIpc) is 2.76. The Hall–Kier alpha value is -3.47. The highest BCUT2D eigenvalue weighted by Gasteiger charge is 2.35. The van der Waals surface area contributed by atoms with Gasteiger partial charge in [0.1, 0.15) is 5.75 Å². The summed E-state index contributed by atoms with van der Waals surface area (Å²) >= 11 is 0. The van der Waals surface area contributed by atoms with Gasteiger partial charge in [-0.2, -0.15) is 0 Å². The van der Waals surface area contributed by atoms with E-state index < -0.39 is 28.0 Å². The van der Waals surface area contributed by atoms with E-state index in [4.69, 9.17) is 18.9 Å². The first-order valence-corrected chi connectivity index (χ1v) is 11.3. The van der Waals surface area contributed by atoms with Gasteiger partial charge in [-0.3, -0.25) is 9.10 Å². The number of esters is 1. The van der Waals surface area contributed by atoms with Crippen LogP contribution < -0.4 is 23.8 Å². The molecule has 1 heterocycles. The SMILES string of the molecule is COC(=O)c1cc(OC)c(OC)cc1NC(=O)C1CN(S(C)(=O)=O)c2cc(C)ccc2O1. The number of carbonyl (C=O) groups is 2. The number of fused-ring (bicyclic) bond motifs is 1. The number of ether oxygens (including phenoxy) is 4. The lowest BCUT2D eigenvalue weighted by Crippen LogP contribution is -2.48. The summed E-state index contributed by atoms with van der Waals surface area (Å²) in [7, 11) is 0.348. The van der Waals surface area contributed by atoms with Crippen LogP contribution >= 0.6 is 0 Å². The highest BCUT2D eigenvalue weighted by molar-refractivity contribution is 7.92. The lowest BCUT2D eigenvalue weighted by atomic mass is 10.1. The van der Waals surface area contributed by atoms with Crippen LogP contribution in [0.4, 0.5) is 11.4 Å². The maximum atomic E-state index is 13.1. The number of nitrogens with zero attached hydrogens (tertiary/aromatic N) is 1. The number of carbonyl (C=O) groups excluding carboxylic acids is 2. The van der Waals surface area contributed by atoms with Crippen molar-refractivity contribution in [2.24, 2.45) is 0 Å². The van der Waals surface area contributed by atoms with Crippen LogP contribution in [0.15, 0.2) is 30.3 Å². The van der Waals surface area contributed by atoms with Gasteiger partial charge in [0.2, 0.25) is 10.0 Å². The summed E-state index contributed by atoms with van der Waals surface area (Å²) in [5.41, 5.74) is 1.34. The second-order valence-corrected chi connectivity index (χ2v) is 9.01. The predicted octanol–water partition coefficient (Wildman–Crippen LogP) is 1.96. The minimum Gasteiger partial charge on any atom is -0.493 e. The summed E-state index contributed by atoms with van der Waals surface area (Å²) in [6.45, 7) is 1.59. The molecular weight excluding hydrogens is 440 g/mol. The molecule has 2 aromatic rings. The lowest BCUT2D eigenvalue weighted by Gasteiger charge is -2.34. The van der Waals surface area contributed by atoms with Crippen molar-refractivity contribution >= 4 is 33.3 Å². The van der Waals surface area contributed by atoms with Gasteiger partial charge in [-0.05, 0) is 24.6 Å². The Morgan fingerprint density at radius 1 is 1.09 bits per heavy atom. The number of hydrogen-bond acceptors (Lipinski definition) is 8. The summed E-state index contributed by atoms with van der Waals surface area (Å²) in [4.78, 5) is 25.3. The van der Waals surface area contributed by atoms with Crippen molar-refractivity contribution < 1.29 is 37.0 Å². The molecule has 0 radical (unpaired) electrons. The van der Waals surface area contributed by atoms with Gasteiger partial charge in [0.15, 0.2) is 17.6 Å². The van der Waals surface area contributed by atoms with E-state index in [1.165, 1.54) is 33.5 Å². The standard InChI is InChI=1S/C21H24N2O8S/c1-12-6-7-16-15(8-12)23(32(5,26)27)11-19(31-16)20(24)22-14-10-18(29-3)17(28-2)9-13(14)21(25)30-4/h6-10,19H,11H2,1-5H3,(H,22,24). The van der Waals surface area contributed by atoms with Crippen LogP contribution in [0.2, 0.25) is 0 Å². The highest BCUT2D eigenvalue weighted by atomic mass is 32.2. The van der Waals surface area contributed by atoms with Crippen molar-refractivity contribution in [1.29, 1.82) is 0 Å². The molecule has 2 aromatic carbocycles. The molecule has 0 spiro atoms. The number of rotatable bonds is 6. The average molecular weight is 464 g/mol. The Morgan fingerprint density at radius 3 is 2.34 bits per heavy atom. The van der Waals surface area contributed by atoms with Gasteiger partial charge in [0, 0.05) is 12.1 Å². The fraction of sp³-hybridized carbons (Fsp3) is 0.333. The fourth-order valence-electron chi connectivity index (χ4n) is 3.29. The first-order valence-electron chi connectivity index (χ1n) is 9.49. The van der Waals surface area contributed by atoms with E-state index in [1.54, 1.807) is 18.2 Å². The molecule has 0 aliphatic carbocycles. The molecule has 11 heteroatoms. The molecule has 0 bridgehead atoms. The van der Waals surface area contributed by atoms with Crippen molar-refractivity contribution in [3.8, 4) is 17.2 Å². The van der Waals surface area contributed by atoms with Crippen molar-refractivity contribution in [2.75, 3.05) is 43.8 Å². The lowest BCUT2D eigenvalue weighted by molar-refractivity contribution is -0.122. The number of methoxy groups -OCH3 is 3. The summed E-state index contributed by atoms with van der Waals surface area (Å²) in [5.74, 6) is -0.550. The monoisotopic (exact) mass is 464 g/mol. The molecule has 172 valence electrons. The van der Waals surface area contributed by atoms with E-state index in [9.17, 15) is 18.0 Å². The first kappa shape index (κ1) is 23.2. The molecule has 3 rings (SSSR count). The van der Waals surface area contributed by atoms with Gasteiger partial charge < -0.3 is 24.3 Å². The Bertz CT molecular complexity index is 1160. The third kappa shape index (κ3) is 4.57. The van der Waals surface area contributed by atoms with E-state index in [1.807, 2.05) is 6.92 Å². The number of aryl methyl sites for hydroxylation is 1. The molecule has 1 atom stereocenters. The van der Waals surface area contributed by atoms with E-state index >= 15 is 0 Å². The Kier molecular flexibility index (Phi) is 6.49. The number of hydrogen-bond donors (Lipinski definition) is 1. The van der Waals surface area contributed by atoms with Gasteiger partial charge in [-0.25, -0.2) is 13.2 Å². The molecular formula is C21H24N2O8S. The first-order chi connectivity index (χ1) is 15.1. The third-order valence-electron chi connectivity index (χ3n) is 4.86. The quantitative estimate of drug-likeness (QED) is 0.644. The molecule has 0 saturated heterocycles. The Labute approximate surface area is 186 Å². The second-order valence-electron chi connectivity index (χ2n) is 7.11. The van der Waals surface area contributed by atoms with Gasteiger partial charge in [-0.15, -0.1) is 0 Å². The molecule has 1 unspecified atom stereocenters. The summed E-state index contributed by atoms with van der Waals surface area (Å²) in [5, 5.41) is 2.61. The maximum Gasteiger partial charge on any atom is 0.340 e. The van der Waals surface area contributed by atoms with Gasteiger partial charge >= 0.3 is 5.97 Å². The van der Waals surface area contributed by atoms with Gasteiger partial charge in [0.05, 0.1) is 51.1 Å². The molecule has 1 N–H and O–H groups in total.